The minimum absolute atomic E-state index is 0.0530. The van der Waals surface area contributed by atoms with E-state index in [1.807, 2.05) is 31.2 Å². The number of hydrogen-bond acceptors (Lipinski definition) is 3. The first-order valence-corrected chi connectivity index (χ1v) is 8.70. The highest BCUT2D eigenvalue weighted by Gasteiger charge is 2.44. The lowest BCUT2D eigenvalue weighted by atomic mass is 9.89. The van der Waals surface area contributed by atoms with Gasteiger partial charge in [-0.05, 0) is 56.4 Å². The second-order valence-corrected chi connectivity index (χ2v) is 6.61. The van der Waals surface area contributed by atoms with Crippen molar-refractivity contribution >= 4 is 12.0 Å². The molecular weight excluding hydrogens is 288 g/mol. The molecule has 1 unspecified atom stereocenters. The first kappa shape index (κ1) is 17.6. The molecule has 0 aromatic heterocycles. The number of phenols is 1. The molecule has 1 N–H and O–H groups in total. The van der Waals surface area contributed by atoms with Gasteiger partial charge in [0.05, 0.1) is 13.0 Å². The van der Waals surface area contributed by atoms with E-state index in [9.17, 15) is 9.90 Å². The van der Waals surface area contributed by atoms with Gasteiger partial charge >= 0.3 is 5.97 Å². The third kappa shape index (κ3) is 5.42. The number of hydrogen-bond donors (Lipinski definition) is 1. The van der Waals surface area contributed by atoms with E-state index in [-0.39, 0.29) is 11.4 Å². The summed E-state index contributed by atoms with van der Waals surface area (Å²) in [5.74, 6) is 0.747. The lowest BCUT2D eigenvalue weighted by molar-refractivity contribution is -0.144. The first-order chi connectivity index (χ1) is 11.1. The van der Waals surface area contributed by atoms with Gasteiger partial charge in [-0.3, -0.25) is 4.79 Å². The van der Waals surface area contributed by atoms with Crippen LogP contribution in [0.5, 0.6) is 5.75 Å². The predicted molar refractivity (Wildman–Crippen MR) is 93.1 cm³/mol. The van der Waals surface area contributed by atoms with Crippen molar-refractivity contribution in [2.45, 2.75) is 52.4 Å². The summed E-state index contributed by atoms with van der Waals surface area (Å²) in [4.78, 5) is 11.7. The van der Waals surface area contributed by atoms with Crippen molar-refractivity contribution < 1.29 is 14.6 Å². The van der Waals surface area contributed by atoms with E-state index in [1.54, 1.807) is 6.07 Å². The standard InChI is InChI=1S/C20H28O3/c1-3-16(9-10-17-7-5-6-8-18(17)21)11-12-20(13-14-20)15-19(22)23-4-2/h5-10,16,21H,3-4,11-15H2,1-2H3/b10-9+. The van der Waals surface area contributed by atoms with E-state index in [0.29, 0.717) is 24.7 Å². The predicted octanol–water partition coefficient (Wildman–Crippen LogP) is 4.95. The highest BCUT2D eigenvalue weighted by Crippen LogP contribution is 2.53. The van der Waals surface area contributed by atoms with Crippen LogP contribution in [0.1, 0.15) is 57.9 Å². The Hall–Kier alpha value is -1.77. The van der Waals surface area contributed by atoms with E-state index in [2.05, 4.69) is 13.0 Å². The molecule has 1 aliphatic carbocycles. The number of rotatable bonds is 9. The third-order valence-electron chi connectivity index (χ3n) is 4.84. The van der Waals surface area contributed by atoms with Crippen LogP contribution >= 0.6 is 0 Å². The number of para-hydroxylation sites is 1. The highest BCUT2D eigenvalue weighted by atomic mass is 16.5. The number of phenolic OH excluding ortho intramolecular Hbond substituents is 1. The zero-order valence-corrected chi connectivity index (χ0v) is 14.3. The number of allylic oxidation sites excluding steroid dienone is 1. The second kappa shape index (κ2) is 8.19. The van der Waals surface area contributed by atoms with Crippen LogP contribution in [0, 0.1) is 11.3 Å². The quantitative estimate of drug-likeness (QED) is 0.656. The molecule has 0 aliphatic heterocycles. The number of esters is 1. The summed E-state index contributed by atoms with van der Waals surface area (Å²) in [6.45, 7) is 4.51. The van der Waals surface area contributed by atoms with E-state index < -0.39 is 0 Å². The Labute approximate surface area is 139 Å². The van der Waals surface area contributed by atoms with E-state index in [0.717, 1.165) is 37.7 Å². The number of benzene rings is 1. The lowest BCUT2D eigenvalue weighted by Crippen LogP contribution is -2.13. The summed E-state index contributed by atoms with van der Waals surface area (Å²) < 4.78 is 5.09. The molecule has 1 aromatic carbocycles. The van der Waals surface area contributed by atoms with Crippen LogP contribution in [0.15, 0.2) is 30.3 Å². The summed E-state index contributed by atoms with van der Waals surface area (Å²) in [6.07, 6.45) is 10.3. The summed E-state index contributed by atoms with van der Waals surface area (Å²) >= 11 is 0. The highest BCUT2D eigenvalue weighted by molar-refractivity contribution is 5.70. The molecule has 126 valence electrons. The summed E-state index contributed by atoms with van der Waals surface area (Å²) in [5.41, 5.74) is 1.06. The number of ether oxygens (including phenoxy) is 1. The summed E-state index contributed by atoms with van der Waals surface area (Å²) in [7, 11) is 0. The maximum absolute atomic E-state index is 11.7. The fourth-order valence-corrected chi connectivity index (χ4v) is 3.01. The average molecular weight is 316 g/mol. The molecule has 0 radical (unpaired) electrons. The molecule has 3 heteroatoms. The monoisotopic (exact) mass is 316 g/mol. The Kier molecular flexibility index (Phi) is 6.26. The van der Waals surface area contributed by atoms with Crippen LogP contribution in [0.3, 0.4) is 0 Å². The molecule has 0 spiro atoms. The Morgan fingerprint density at radius 1 is 1.35 bits per heavy atom. The lowest BCUT2D eigenvalue weighted by Gasteiger charge is -2.17. The van der Waals surface area contributed by atoms with Crippen LogP contribution in [-0.4, -0.2) is 17.7 Å². The zero-order valence-electron chi connectivity index (χ0n) is 14.3. The van der Waals surface area contributed by atoms with Crippen molar-refractivity contribution in [1.82, 2.24) is 0 Å². The Bertz CT molecular complexity index is 544. The van der Waals surface area contributed by atoms with Crippen LogP contribution < -0.4 is 0 Å². The maximum atomic E-state index is 11.7. The van der Waals surface area contributed by atoms with E-state index >= 15 is 0 Å². The van der Waals surface area contributed by atoms with Gasteiger partial charge in [0, 0.05) is 5.56 Å². The molecule has 1 fully saturated rings. The summed E-state index contributed by atoms with van der Waals surface area (Å²) in [5, 5.41) is 9.81. The summed E-state index contributed by atoms with van der Waals surface area (Å²) in [6, 6.07) is 7.38. The van der Waals surface area contributed by atoms with Gasteiger partial charge in [0.25, 0.3) is 0 Å². The van der Waals surface area contributed by atoms with Crippen LogP contribution in [-0.2, 0) is 9.53 Å². The smallest absolute Gasteiger partial charge is 0.306 e. The van der Waals surface area contributed by atoms with Gasteiger partial charge in [0.1, 0.15) is 5.75 Å². The molecule has 2 rings (SSSR count). The largest absolute Gasteiger partial charge is 0.507 e. The zero-order chi connectivity index (χ0) is 16.7. The molecule has 1 aliphatic rings. The van der Waals surface area contributed by atoms with Crippen LogP contribution in [0.25, 0.3) is 6.08 Å². The fraction of sp³-hybridized carbons (Fsp3) is 0.550. The van der Waals surface area contributed by atoms with Crippen molar-refractivity contribution in [1.29, 1.82) is 0 Å². The first-order valence-electron chi connectivity index (χ1n) is 8.70. The molecule has 0 heterocycles. The van der Waals surface area contributed by atoms with E-state index in [4.69, 9.17) is 4.74 Å². The Morgan fingerprint density at radius 2 is 2.09 bits per heavy atom. The van der Waals surface area contributed by atoms with Gasteiger partial charge in [-0.1, -0.05) is 37.3 Å². The molecule has 0 bridgehead atoms. The minimum Gasteiger partial charge on any atom is -0.507 e. The molecule has 3 nitrogen and oxygen atoms in total. The maximum Gasteiger partial charge on any atom is 0.306 e. The normalized spacial score (nSPS) is 17.1. The number of carbonyl (C=O) groups excluding carboxylic acids is 1. The molecule has 0 saturated heterocycles. The van der Waals surface area contributed by atoms with Crippen molar-refractivity contribution in [2.24, 2.45) is 11.3 Å². The van der Waals surface area contributed by atoms with Gasteiger partial charge in [-0.15, -0.1) is 0 Å². The third-order valence-corrected chi connectivity index (χ3v) is 4.84. The van der Waals surface area contributed by atoms with Gasteiger partial charge < -0.3 is 9.84 Å². The fourth-order valence-electron chi connectivity index (χ4n) is 3.01. The molecule has 1 atom stereocenters. The molecule has 1 saturated carbocycles. The van der Waals surface area contributed by atoms with Gasteiger partial charge in [0.15, 0.2) is 0 Å². The van der Waals surface area contributed by atoms with Gasteiger partial charge in [-0.25, -0.2) is 0 Å². The van der Waals surface area contributed by atoms with E-state index in [1.165, 1.54) is 0 Å². The average Bonchev–Trinajstić information content (AvgIpc) is 3.29. The van der Waals surface area contributed by atoms with Gasteiger partial charge in [-0.2, -0.15) is 0 Å². The van der Waals surface area contributed by atoms with Crippen LogP contribution in [0.4, 0.5) is 0 Å². The second-order valence-electron chi connectivity index (χ2n) is 6.61. The van der Waals surface area contributed by atoms with Crippen LogP contribution in [0.2, 0.25) is 0 Å². The number of aromatic hydroxyl groups is 1. The van der Waals surface area contributed by atoms with Crippen molar-refractivity contribution in [3.8, 4) is 5.75 Å². The van der Waals surface area contributed by atoms with Crippen molar-refractivity contribution in [2.75, 3.05) is 6.61 Å². The minimum atomic E-state index is -0.0530. The van der Waals surface area contributed by atoms with Crippen molar-refractivity contribution in [3.63, 3.8) is 0 Å². The Morgan fingerprint density at radius 3 is 2.70 bits per heavy atom. The topological polar surface area (TPSA) is 46.5 Å². The molecule has 23 heavy (non-hydrogen) atoms. The SMILES string of the molecule is CCOC(=O)CC1(CCC(/C=C/c2ccccc2O)CC)CC1. The number of carbonyl (C=O) groups is 1. The van der Waals surface area contributed by atoms with Crippen molar-refractivity contribution in [3.05, 3.63) is 35.9 Å². The Balaban J connectivity index is 1.85. The molecule has 0 amide bonds. The molecule has 1 aromatic rings. The molecular formula is C20H28O3. The van der Waals surface area contributed by atoms with Gasteiger partial charge in [0.2, 0.25) is 0 Å².